The summed E-state index contributed by atoms with van der Waals surface area (Å²) in [5, 5.41) is 12.8. The summed E-state index contributed by atoms with van der Waals surface area (Å²) in [7, 11) is 3.23. The van der Waals surface area contributed by atoms with Crippen molar-refractivity contribution >= 4 is 23.4 Å². The van der Waals surface area contributed by atoms with Crippen LogP contribution < -0.4 is 10.7 Å². The van der Waals surface area contributed by atoms with Gasteiger partial charge in [0, 0.05) is 39.0 Å². The van der Waals surface area contributed by atoms with Crippen molar-refractivity contribution in [2.24, 2.45) is 0 Å². The van der Waals surface area contributed by atoms with Crippen molar-refractivity contribution in [3.63, 3.8) is 0 Å². The molecule has 0 unspecified atom stereocenters. The third kappa shape index (κ3) is 3.37. The third-order valence-electron chi connectivity index (χ3n) is 6.20. The first kappa shape index (κ1) is 21.3. The van der Waals surface area contributed by atoms with Gasteiger partial charge >= 0.3 is 0 Å². The molecule has 1 aromatic heterocycles. The maximum absolute atomic E-state index is 14.1. The highest BCUT2D eigenvalue weighted by Gasteiger charge is 2.53. The fourth-order valence-corrected chi connectivity index (χ4v) is 4.47. The Kier molecular flexibility index (Phi) is 5.26. The number of rotatable bonds is 4. The smallest absolute Gasteiger partial charge is 0.274 e. The molecule has 1 saturated carbocycles. The van der Waals surface area contributed by atoms with Crippen molar-refractivity contribution in [3.05, 3.63) is 62.3 Å². The maximum Gasteiger partial charge on any atom is 0.274 e. The Morgan fingerprint density at radius 1 is 1.39 bits per heavy atom. The molecule has 2 heterocycles. The average Bonchev–Trinajstić information content (AvgIpc) is 2.72. The number of ether oxygens (including phenoxy) is 1. The number of benzene rings is 1. The van der Waals surface area contributed by atoms with E-state index in [0.29, 0.717) is 19.4 Å². The number of hydrogen-bond donors (Lipinski definition) is 2. The van der Waals surface area contributed by atoms with Crippen molar-refractivity contribution in [1.29, 1.82) is 0 Å². The molecule has 2 amide bonds. The van der Waals surface area contributed by atoms with Crippen molar-refractivity contribution < 1.29 is 23.8 Å². The van der Waals surface area contributed by atoms with Gasteiger partial charge in [-0.3, -0.25) is 14.4 Å². The molecule has 10 heteroatoms. The van der Waals surface area contributed by atoms with Gasteiger partial charge in [0.05, 0.1) is 16.7 Å². The minimum Gasteiger partial charge on any atom is -0.503 e. The van der Waals surface area contributed by atoms with Gasteiger partial charge in [-0.1, -0.05) is 23.7 Å². The number of amides is 2. The van der Waals surface area contributed by atoms with Crippen LogP contribution in [-0.2, 0) is 17.8 Å². The number of fused-ring (bicyclic) bond motifs is 1. The van der Waals surface area contributed by atoms with E-state index >= 15 is 0 Å². The van der Waals surface area contributed by atoms with Crippen LogP contribution >= 0.6 is 11.6 Å². The van der Waals surface area contributed by atoms with E-state index < -0.39 is 34.3 Å². The normalized spacial score (nSPS) is 22.3. The molecule has 2 aromatic rings. The van der Waals surface area contributed by atoms with Crippen LogP contribution in [0, 0.1) is 5.82 Å². The molecule has 1 aliphatic carbocycles. The molecule has 1 aliphatic heterocycles. The standard InChI is InChI=1S/C21H21ClFN3O5/c1-25-20(30)16-18(28)17(27)13(9-26(16)10-21(25)6-12(7-21)31-2)19(29)24-8-11-4-3-5-14(22)15(11)23/h3-5,9,12,28H,6-8,10H2,1-2H3,(H,24,29)/t12-,21-. The second-order valence-corrected chi connectivity index (χ2v) is 8.35. The molecule has 2 aliphatic rings. The van der Waals surface area contributed by atoms with Gasteiger partial charge in [0.1, 0.15) is 11.4 Å². The third-order valence-corrected chi connectivity index (χ3v) is 6.50. The van der Waals surface area contributed by atoms with E-state index in [-0.39, 0.29) is 34.5 Å². The van der Waals surface area contributed by atoms with Crippen molar-refractivity contribution in [3.8, 4) is 5.75 Å². The van der Waals surface area contributed by atoms with Crippen LogP contribution in [0.3, 0.4) is 0 Å². The highest BCUT2D eigenvalue weighted by molar-refractivity contribution is 6.30. The largest absolute Gasteiger partial charge is 0.503 e. The minimum absolute atomic E-state index is 0.0140. The number of halogens is 2. The summed E-state index contributed by atoms with van der Waals surface area (Å²) in [5.41, 5.74) is -1.81. The first-order valence-electron chi connectivity index (χ1n) is 9.67. The predicted molar refractivity (Wildman–Crippen MR) is 110 cm³/mol. The van der Waals surface area contributed by atoms with Crippen LogP contribution in [0.25, 0.3) is 0 Å². The number of aromatic hydroxyl groups is 1. The zero-order valence-electron chi connectivity index (χ0n) is 16.9. The Morgan fingerprint density at radius 3 is 2.77 bits per heavy atom. The van der Waals surface area contributed by atoms with Crippen LogP contribution in [-0.4, -0.2) is 52.2 Å². The molecule has 1 fully saturated rings. The zero-order valence-corrected chi connectivity index (χ0v) is 17.7. The van der Waals surface area contributed by atoms with Gasteiger partial charge in [-0.2, -0.15) is 0 Å². The Bertz CT molecular complexity index is 1140. The van der Waals surface area contributed by atoms with E-state index in [0.717, 1.165) is 0 Å². The number of nitrogens with zero attached hydrogens (tertiary/aromatic N) is 2. The summed E-state index contributed by atoms with van der Waals surface area (Å²) in [6.07, 6.45) is 2.50. The van der Waals surface area contributed by atoms with E-state index in [2.05, 4.69) is 5.32 Å². The quantitative estimate of drug-likeness (QED) is 0.742. The van der Waals surface area contributed by atoms with Crippen LogP contribution in [0.2, 0.25) is 5.02 Å². The Morgan fingerprint density at radius 2 is 2.10 bits per heavy atom. The summed E-state index contributed by atoms with van der Waals surface area (Å²) in [5.74, 6) is -2.74. The number of likely N-dealkylation sites (N-methyl/N-ethyl adjacent to an activating group) is 1. The molecule has 1 spiro atoms. The Hall–Kier alpha value is -2.91. The molecule has 0 radical (unpaired) electrons. The molecular weight excluding hydrogens is 429 g/mol. The monoisotopic (exact) mass is 449 g/mol. The number of hydrogen-bond acceptors (Lipinski definition) is 5. The lowest BCUT2D eigenvalue weighted by Gasteiger charge is -2.55. The lowest BCUT2D eigenvalue weighted by Crippen LogP contribution is -2.65. The van der Waals surface area contributed by atoms with E-state index in [9.17, 15) is 23.9 Å². The summed E-state index contributed by atoms with van der Waals surface area (Å²) < 4.78 is 20.8. The van der Waals surface area contributed by atoms with E-state index in [4.69, 9.17) is 16.3 Å². The number of carbonyl (C=O) groups excluding carboxylic acids is 2. The lowest BCUT2D eigenvalue weighted by atomic mass is 9.71. The first-order chi connectivity index (χ1) is 14.7. The second-order valence-electron chi connectivity index (χ2n) is 7.95. The van der Waals surface area contributed by atoms with Crippen molar-refractivity contribution in [2.45, 2.75) is 37.6 Å². The fourth-order valence-electron chi connectivity index (χ4n) is 4.27. The minimum atomic E-state index is -0.962. The van der Waals surface area contributed by atoms with Crippen molar-refractivity contribution in [2.75, 3.05) is 14.2 Å². The first-order valence-corrected chi connectivity index (χ1v) is 10.0. The molecule has 0 atom stereocenters. The van der Waals surface area contributed by atoms with Gasteiger partial charge < -0.3 is 24.6 Å². The van der Waals surface area contributed by atoms with Gasteiger partial charge in [0.2, 0.25) is 5.43 Å². The van der Waals surface area contributed by atoms with Crippen LogP contribution in [0.1, 0.15) is 39.3 Å². The van der Waals surface area contributed by atoms with E-state index in [1.54, 1.807) is 20.2 Å². The highest BCUT2D eigenvalue weighted by Crippen LogP contribution is 2.44. The van der Waals surface area contributed by atoms with E-state index in [1.807, 2.05) is 0 Å². The highest BCUT2D eigenvalue weighted by atomic mass is 35.5. The average molecular weight is 450 g/mol. The molecule has 31 heavy (non-hydrogen) atoms. The topological polar surface area (TPSA) is 101 Å². The number of pyridine rings is 1. The predicted octanol–water partition coefficient (Wildman–Crippen LogP) is 1.91. The number of carbonyl (C=O) groups is 2. The summed E-state index contributed by atoms with van der Waals surface area (Å²) in [4.78, 5) is 39.6. The summed E-state index contributed by atoms with van der Waals surface area (Å²) >= 11 is 5.74. The number of aromatic nitrogens is 1. The Labute approximate surface area is 182 Å². The fraction of sp³-hybridized carbons (Fsp3) is 0.381. The lowest BCUT2D eigenvalue weighted by molar-refractivity contribution is -0.0848. The molecular formula is C21H21ClFN3O5. The van der Waals surface area contributed by atoms with Crippen LogP contribution in [0.4, 0.5) is 4.39 Å². The van der Waals surface area contributed by atoms with Gasteiger partial charge in [-0.05, 0) is 18.9 Å². The molecule has 1 aromatic carbocycles. The molecule has 0 saturated heterocycles. The van der Waals surface area contributed by atoms with Gasteiger partial charge in [0.25, 0.3) is 11.8 Å². The summed E-state index contributed by atoms with van der Waals surface area (Å²) in [6.45, 7) is 0.107. The van der Waals surface area contributed by atoms with Crippen molar-refractivity contribution in [1.82, 2.24) is 14.8 Å². The van der Waals surface area contributed by atoms with Gasteiger partial charge in [-0.15, -0.1) is 0 Å². The molecule has 8 nitrogen and oxygen atoms in total. The molecule has 164 valence electrons. The second kappa shape index (κ2) is 7.65. The van der Waals surface area contributed by atoms with Crippen LogP contribution in [0.15, 0.2) is 29.2 Å². The molecule has 2 N–H and O–H groups in total. The Balaban J connectivity index is 1.63. The SMILES string of the molecule is CO[C@H]1C[C@@]2(Cn3cc(C(=O)NCc4cccc(Cl)c4F)c(=O)c(O)c3C(=O)N2C)C1. The zero-order chi connectivity index (χ0) is 22.5. The molecule has 4 rings (SSSR count). The van der Waals surface area contributed by atoms with Gasteiger partial charge in [0.15, 0.2) is 11.4 Å². The number of methoxy groups -OCH3 is 1. The van der Waals surface area contributed by atoms with Crippen LogP contribution in [0.5, 0.6) is 5.75 Å². The van der Waals surface area contributed by atoms with Gasteiger partial charge in [-0.25, -0.2) is 4.39 Å². The maximum atomic E-state index is 14.1. The van der Waals surface area contributed by atoms with E-state index in [1.165, 1.54) is 27.8 Å². The molecule has 0 bridgehead atoms. The summed E-state index contributed by atoms with van der Waals surface area (Å²) in [6, 6.07) is 4.38. The number of nitrogens with one attached hydrogen (secondary N) is 1.